The number of aryl methyl sites for hydroxylation is 2. The summed E-state index contributed by atoms with van der Waals surface area (Å²) in [6.45, 7) is 6.36. The van der Waals surface area contributed by atoms with Crippen LogP contribution < -0.4 is 5.32 Å². The largest absolute Gasteiger partial charge is 0.381 e. The van der Waals surface area contributed by atoms with Crippen LogP contribution in [0.25, 0.3) is 0 Å². The van der Waals surface area contributed by atoms with Crippen molar-refractivity contribution in [3.63, 3.8) is 0 Å². The molecule has 2 unspecified atom stereocenters. The molecule has 1 aromatic heterocycles. The smallest absolute Gasteiger partial charge is 0.103 e. The minimum Gasteiger partial charge on any atom is -0.381 e. The predicted molar refractivity (Wildman–Crippen MR) is 79.7 cm³/mol. The van der Waals surface area contributed by atoms with Crippen molar-refractivity contribution in [2.24, 2.45) is 0 Å². The standard InChI is InChI=1S/C16H22N4/c1-11-8-16(15(10-17)12(2)18-11)19-13-5-7-20-6-3-4-14(20)9-13/h8,13-14H,3-7,9H2,1-2H3,(H,18,19). The van der Waals surface area contributed by atoms with Crippen molar-refractivity contribution in [2.75, 3.05) is 18.4 Å². The molecule has 3 rings (SSSR count). The third-order valence-corrected chi connectivity index (χ3v) is 4.62. The van der Waals surface area contributed by atoms with E-state index in [0.29, 0.717) is 11.6 Å². The highest BCUT2D eigenvalue weighted by Gasteiger charge is 2.31. The zero-order valence-corrected chi connectivity index (χ0v) is 12.3. The van der Waals surface area contributed by atoms with E-state index in [2.05, 4.69) is 21.3 Å². The van der Waals surface area contributed by atoms with Gasteiger partial charge in [0.05, 0.1) is 16.9 Å². The van der Waals surface area contributed by atoms with Crippen LogP contribution in [0.1, 0.15) is 42.6 Å². The number of pyridine rings is 1. The van der Waals surface area contributed by atoms with E-state index in [1.807, 2.05) is 19.9 Å². The average Bonchev–Trinajstić information content (AvgIpc) is 2.85. The van der Waals surface area contributed by atoms with E-state index >= 15 is 0 Å². The minimum absolute atomic E-state index is 0.489. The molecular formula is C16H22N4. The van der Waals surface area contributed by atoms with E-state index < -0.39 is 0 Å². The lowest BCUT2D eigenvalue weighted by Gasteiger charge is -2.35. The van der Waals surface area contributed by atoms with Crippen molar-refractivity contribution in [3.8, 4) is 6.07 Å². The third kappa shape index (κ3) is 2.51. The molecule has 106 valence electrons. The number of hydrogen-bond acceptors (Lipinski definition) is 4. The van der Waals surface area contributed by atoms with Crippen molar-refractivity contribution < 1.29 is 0 Å². The number of fused-ring (bicyclic) bond motifs is 1. The Morgan fingerprint density at radius 2 is 2.20 bits per heavy atom. The Labute approximate surface area is 120 Å². The molecule has 20 heavy (non-hydrogen) atoms. The molecule has 0 bridgehead atoms. The number of nitrogens with one attached hydrogen (secondary N) is 1. The predicted octanol–water partition coefficient (Wildman–Crippen LogP) is 2.61. The van der Waals surface area contributed by atoms with Crippen LogP contribution in [0.4, 0.5) is 5.69 Å². The second kappa shape index (κ2) is 5.41. The quantitative estimate of drug-likeness (QED) is 0.897. The highest BCUT2D eigenvalue weighted by atomic mass is 15.2. The van der Waals surface area contributed by atoms with Crippen LogP contribution in [0, 0.1) is 25.2 Å². The molecule has 2 atom stereocenters. The number of hydrogen-bond donors (Lipinski definition) is 1. The first-order valence-electron chi connectivity index (χ1n) is 7.56. The van der Waals surface area contributed by atoms with E-state index in [1.165, 1.54) is 38.8 Å². The Kier molecular flexibility index (Phi) is 3.62. The minimum atomic E-state index is 0.489. The molecule has 4 heteroatoms. The van der Waals surface area contributed by atoms with Gasteiger partial charge in [-0.25, -0.2) is 0 Å². The van der Waals surface area contributed by atoms with Crippen molar-refractivity contribution in [3.05, 3.63) is 23.0 Å². The molecule has 2 saturated heterocycles. The molecule has 1 aromatic rings. The van der Waals surface area contributed by atoms with Gasteiger partial charge in [0.25, 0.3) is 0 Å². The second-order valence-corrected chi connectivity index (χ2v) is 6.08. The maximum Gasteiger partial charge on any atom is 0.103 e. The molecule has 1 N–H and O–H groups in total. The Bertz CT molecular complexity index is 546. The van der Waals surface area contributed by atoms with Crippen LogP contribution in [0.3, 0.4) is 0 Å². The highest BCUT2D eigenvalue weighted by Crippen LogP contribution is 2.29. The van der Waals surface area contributed by atoms with Crippen LogP contribution in [0.2, 0.25) is 0 Å². The Morgan fingerprint density at radius 3 is 3.00 bits per heavy atom. The molecule has 2 aliphatic rings. The van der Waals surface area contributed by atoms with Gasteiger partial charge in [0.2, 0.25) is 0 Å². The van der Waals surface area contributed by atoms with E-state index in [4.69, 9.17) is 0 Å². The number of nitrogens with zero attached hydrogens (tertiary/aromatic N) is 3. The molecule has 0 aromatic carbocycles. The summed E-state index contributed by atoms with van der Waals surface area (Å²) in [5.41, 5.74) is 3.47. The average molecular weight is 270 g/mol. The monoisotopic (exact) mass is 270 g/mol. The molecule has 0 amide bonds. The van der Waals surface area contributed by atoms with E-state index in [9.17, 15) is 5.26 Å². The third-order valence-electron chi connectivity index (χ3n) is 4.62. The van der Waals surface area contributed by atoms with Crippen molar-refractivity contribution in [2.45, 2.75) is 51.6 Å². The zero-order chi connectivity index (χ0) is 14.1. The van der Waals surface area contributed by atoms with Crippen molar-refractivity contribution in [1.29, 1.82) is 5.26 Å². The van der Waals surface area contributed by atoms with Gasteiger partial charge >= 0.3 is 0 Å². The molecule has 0 radical (unpaired) electrons. The maximum absolute atomic E-state index is 9.33. The molecule has 0 spiro atoms. The van der Waals surface area contributed by atoms with Crippen molar-refractivity contribution >= 4 is 5.69 Å². The van der Waals surface area contributed by atoms with Crippen LogP contribution >= 0.6 is 0 Å². The first-order chi connectivity index (χ1) is 9.67. The normalized spacial score (nSPS) is 26.1. The number of anilines is 1. The number of aromatic nitrogens is 1. The summed E-state index contributed by atoms with van der Waals surface area (Å²) < 4.78 is 0. The fourth-order valence-corrected chi connectivity index (χ4v) is 3.66. The van der Waals surface area contributed by atoms with Crippen LogP contribution in [0.15, 0.2) is 6.07 Å². The topological polar surface area (TPSA) is 52.0 Å². The van der Waals surface area contributed by atoms with Crippen LogP contribution in [-0.4, -0.2) is 35.1 Å². The summed E-state index contributed by atoms with van der Waals surface area (Å²) in [4.78, 5) is 7.00. The van der Waals surface area contributed by atoms with Gasteiger partial charge in [0, 0.05) is 24.3 Å². The fourth-order valence-electron chi connectivity index (χ4n) is 3.66. The summed E-state index contributed by atoms with van der Waals surface area (Å²) >= 11 is 0. The van der Waals surface area contributed by atoms with Crippen LogP contribution in [-0.2, 0) is 0 Å². The Morgan fingerprint density at radius 1 is 1.35 bits per heavy atom. The van der Waals surface area contributed by atoms with Gasteiger partial charge in [-0.2, -0.15) is 5.26 Å². The maximum atomic E-state index is 9.33. The van der Waals surface area contributed by atoms with E-state index in [1.54, 1.807) is 0 Å². The van der Waals surface area contributed by atoms with E-state index in [0.717, 1.165) is 23.1 Å². The summed E-state index contributed by atoms with van der Waals surface area (Å²) in [7, 11) is 0. The SMILES string of the molecule is Cc1cc(NC2CCN3CCCC3C2)c(C#N)c(C)n1. The van der Waals surface area contributed by atoms with Gasteiger partial charge in [-0.05, 0) is 52.1 Å². The summed E-state index contributed by atoms with van der Waals surface area (Å²) in [6.07, 6.45) is 5.04. The van der Waals surface area contributed by atoms with Gasteiger partial charge in [0.15, 0.2) is 0 Å². The molecular weight excluding hydrogens is 248 g/mol. The van der Waals surface area contributed by atoms with E-state index in [-0.39, 0.29) is 0 Å². The number of piperidine rings is 1. The molecule has 4 nitrogen and oxygen atoms in total. The Hall–Kier alpha value is -1.60. The zero-order valence-electron chi connectivity index (χ0n) is 12.3. The molecule has 2 aliphatic heterocycles. The first kappa shape index (κ1) is 13.4. The molecule has 2 fully saturated rings. The molecule has 3 heterocycles. The van der Waals surface area contributed by atoms with Gasteiger partial charge in [-0.1, -0.05) is 0 Å². The van der Waals surface area contributed by atoms with Gasteiger partial charge in [-0.3, -0.25) is 4.98 Å². The molecule has 0 aliphatic carbocycles. The highest BCUT2D eigenvalue weighted by molar-refractivity contribution is 5.60. The fraction of sp³-hybridized carbons (Fsp3) is 0.625. The lowest BCUT2D eigenvalue weighted by atomic mass is 9.97. The molecule has 0 saturated carbocycles. The summed E-state index contributed by atoms with van der Waals surface area (Å²) in [6, 6.07) is 5.53. The van der Waals surface area contributed by atoms with Crippen LogP contribution in [0.5, 0.6) is 0 Å². The second-order valence-electron chi connectivity index (χ2n) is 6.08. The Balaban J connectivity index is 1.76. The number of rotatable bonds is 2. The lowest BCUT2D eigenvalue weighted by Crippen LogP contribution is -2.42. The summed E-state index contributed by atoms with van der Waals surface area (Å²) in [5.74, 6) is 0. The number of nitriles is 1. The first-order valence-corrected chi connectivity index (χ1v) is 7.56. The summed E-state index contributed by atoms with van der Waals surface area (Å²) in [5, 5.41) is 12.9. The lowest BCUT2D eigenvalue weighted by molar-refractivity contribution is 0.188. The van der Waals surface area contributed by atoms with Gasteiger partial charge in [-0.15, -0.1) is 0 Å². The van der Waals surface area contributed by atoms with Gasteiger partial charge < -0.3 is 10.2 Å². The van der Waals surface area contributed by atoms with Crippen molar-refractivity contribution in [1.82, 2.24) is 9.88 Å². The van der Waals surface area contributed by atoms with Gasteiger partial charge in [0.1, 0.15) is 6.07 Å².